The fraction of sp³-hybridized carbons (Fsp3) is 0.185. The number of ketones is 1. The molecule has 0 radical (unpaired) electrons. The molecule has 0 aromatic heterocycles. The number of anilines is 1. The summed E-state index contributed by atoms with van der Waals surface area (Å²) in [6.07, 6.45) is -0.147. The highest BCUT2D eigenvalue weighted by atomic mass is 79.9. The number of methoxy groups -OCH3 is 1. The number of halogens is 1. The summed E-state index contributed by atoms with van der Waals surface area (Å²) in [5.41, 5.74) is 0.695. The van der Waals surface area contributed by atoms with Crippen LogP contribution in [0.3, 0.4) is 0 Å². The van der Waals surface area contributed by atoms with Crippen LogP contribution in [-0.2, 0) is 14.3 Å². The van der Waals surface area contributed by atoms with E-state index in [2.05, 4.69) is 15.9 Å². The predicted octanol–water partition coefficient (Wildman–Crippen LogP) is 4.36. The molecule has 200 valence electrons. The number of rotatable bonds is 9. The number of esters is 2. The Labute approximate surface area is 230 Å². The summed E-state index contributed by atoms with van der Waals surface area (Å²) in [5, 5.41) is 11.0. The Morgan fingerprint density at radius 1 is 1.03 bits per heavy atom. The zero-order valence-corrected chi connectivity index (χ0v) is 22.1. The molecule has 0 unspecified atom stereocenters. The zero-order chi connectivity index (χ0) is 28.1. The van der Waals surface area contributed by atoms with E-state index in [0.717, 1.165) is 4.47 Å². The number of non-ortho nitro benzene ring substituents is 1. The van der Waals surface area contributed by atoms with Gasteiger partial charge in [-0.25, -0.2) is 4.79 Å². The van der Waals surface area contributed by atoms with Crippen LogP contribution in [0.1, 0.15) is 27.1 Å². The monoisotopic (exact) mass is 596 g/mol. The van der Waals surface area contributed by atoms with Gasteiger partial charge in [0.1, 0.15) is 11.5 Å². The number of nitro groups is 1. The summed E-state index contributed by atoms with van der Waals surface area (Å²) < 4.78 is 16.5. The van der Waals surface area contributed by atoms with Gasteiger partial charge in [-0.3, -0.25) is 24.5 Å². The molecule has 1 aliphatic heterocycles. The second kappa shape index (κ2) is 11.9. The molecule has 39 heavy (non-hydrogen) atoms. The number of hydrogen-bond donors (Lipinski definition) is 0. The SMILES string of the molecule is COc1cc([N+](=O)[O-])ccc1N1C[C@@H](C(=O)OCC(=O)c2ccc(OC(=O)c3ccc(Br)cc3)cc2)CC1=O. The van der Waals surface area contributed by atoms with Gasteiger partial charge < -0.3 is 19.1 Å². The lowest BCUT2D eigenvalue weighted by molar-refractivity contribution is -0.384. The molecule has 0 spiro atoms. The highest BCUT2D eigenvalue weighted by Gasteiger charge is 2.37. The first-order valence-corrected chi connectivity index (χ1v) is 12.4. The molecule has 3 aromatic carbocycles. The Bertz CT molecular complexity index is 1440. The van der Waals surface area contributed by atoms with Crippen molar-refractivity contribution in [2.24, 2.45) is 5.92 Å². The Kier molecular flexibility index (Phi) is 8.35. The number of amides is 1. The van der Waals surface area contributed by atoms with Gasteiger partial charge in [-0.1, -0.05) is 15.9 Å². The molecule has 1 fully saturated rings. The van der Waals surface area contributed by atoms with Crippen LogP contribution in [0.5, 0.6) is 11.5 Å². The number of ether oxygens (including phenoxy) is 3. The van der Waals surface area contributed by atoms with E-state index >= 15 is 0 Å². The lowest BCUT2D eigenvalue weighted by atomic mass is 10.1. The highest BCUT2D eigenvalue weighted by Crippen LogP contribution is 2.36. The first kappa shape index (κ1) is 27.5. The van der Waals surface area contributed by atoms with Crippen molar-refractivity contribution in [3.63, 3.8) is 0 Å². The summed E-state index contributed by atoms with van der Waals surface area (Å²) in [7, 11) is 1.32. The lowest BCUT2D eigenvalue weighted by Gasteiger charge is -2.19. The minimum absolute atomic E-state index is 0.0293. The Morgan fingerprint density at radius 2 is 1.69 bits per heavy atom. The van der Waals surface area contributed by atoms with E-state index in [1.807, 2.05) is 0 Å². The quantitative estimate of drug-likeness (QED) is 0.116. The molecule has 1 atom stereocenters. The third-order valence-corrected chi connectivity index (χ3v) is 6.46. The normalized spacial score (nSPS) is 14.6. The summed E-state index contributed by atoms with van der Waals surface area (Å²) in [6.45, 7) is -0.569. The van der Waals surface area contributed by atoms with Crippen molar-refractivity contribution in [2.75, 3.05) is 25.2 Å². The maximum absolute atomic E-state index is 12.6. The molecular weight excluding hydrogens is 576 g/mol. The van der Waals surface area contributed by atoms with Crippen molar-refractivity contribution in [1.29, 1.82) is 0 Å². The molecule has 0 bridgehead atoms. The second-order valence-corrected chi connectivity index (χ2v) is 9.39. The second-order valence-electron chi connectivity index (χ2n) is 8.47. The van der Waals surface area contributed by atoms with Crippen molar-refractivity contribution in [1.82, 2.24) is 0 Å². The molecule has 1 heterocycles. The van der Waals surface area contributed by atoms with Gasteiger partial charge >= 0.3 is 11.9 Å². The van der Waals surface area contributed by atoms with Gasteiger partial charge in [0.15, 0.2) is 12.4 Å². The predicted molar refractivity (Wildman–Crippen MR) is 141 cm³/mol. The van der Waals surface area contributed by atoms with Crippen LogP contribution >= 0.6 is 15.9 Å². The number of Topliss-reactive ketones (excluding diaryl/α,β-unsaturated/α-hetero) is 1. The fourth-order valence-corrected chi connectivity index (χ4v) is 4.16. The summed E-state index contributed by atoms with van der Waals surface area (Å²) in [5.74, 6) is -2.61. The minimum atomic E-state index is -0.828. The standard InChI is InChI=1S/C27H21BrN2O9/c1-37-24-13-20(30(35)36)8-11-22(24)29-14-18(12-25(29)32)26(33)38-15-23(31)16-4-9-21(10-5-16)39-27(34)17-2-6-19(28)7-3-17/h2-11,13,18H,12,14-15H2,1H3/t18-/m0/s1. The first-order valence-electron chi connectivity index (χ1n) is 11.6. The van der Waals surface area contributed by atoms with E-state index in [4.69, 9.17) is 14.2 Å². The van der Waals surface area contributed by atoms with Crippen molar-refractivity contribution < 1.29 is 38.3 Å². The maximum atomic E-state index is 12.6. The zero-order valence-electron chi connectivity index (χ0n) is 20.5. The van der Waals surface area contributed by atoms with Gasteiger partial charge in [0.05, 0.1) is 35.3 Å². The van der Waals surface area contributed by atoms with Crippen molar-refractivity contribution in [2.45, 2.75) is 6.42 Å². The molecular formula is C27H21BrN2O9. The van der Waals surface area contributed by atoms with Crippen molar-refractivity contribution in [3.05, 3.63) is 92.4 Å². The van der Waals surface area contributed by atoms with E-state index in [9.17, 15) is 29.3 Å². The summed E-state index contributed by atoms with van der Waals surface area (Å²) >= 11 is 3.29. The number of hydrogen-bond acceptors (Lipinski definition) is 9. The number of carbonyl (C=O) groups is 4. The van der Waals surface area contributed by atoms with Crippen LogP contribution in [0, 0.1) is 16.0 Å². The van der Waals surface area contributed by atoms with Gasteiger partial charge in [0, 0.05) is 29.1 Å². The molecule has 0 aliphatic carbocycles. The van der Waals surface area contributed by atoms with Crippen LogP contribution in [-0.4, -0.2) is 48.8 Å². The largest absolute Gasteiger partial charge is 0.494 e. The topological polar surface area (TPSA) is 142 Å². The molecule has 4 rings (SSSR count). The molecule has 1 amide bonds. The third-order valence-electron chi connectivity index (χ3n) is 5.94. The summed E-state index contributed by atoms with van der Waals surface area (Å²) in [6, 6.07) is 16.3. The fourth-order valence-electron chi connectivity index (χ4n) is 3.90. The van der Waals surface area contributed by atoms with Gasteiger partial charge in [0.2, 0.25) is 5.91 Å². The molecule has 1 saturated heterocycles. The van der Waals surface area contributed by atoms with Gasteiger partial charge in [-0.05, 0) is 54.6 Å². The van der Waals surface area contributed by atoms with Gasteiger partial charge in [-0.15, -0.1) is 0 Å². The molecule has 0 saturated carbocycles. The van der Waals surface area contributed by atoms with Crippen LogP contribution < -0.4 is 14.4 Å². The van der Waals surface area contributed by atoms with E-state index in [1.54, 1.807) is 24.3 Å². The van der Waals surface area contributed by atoms with Crippen molar-refractivity contribution in [3.8, 4) is 11.5 Å². The summed E-state index contributed by atoms with van der Waals surface area (Å²) in [4.78, 5) is 61.7. The average molecular weight is 597 g/mol. The Hall–Kier alpha value is -4.58. The minimum Gasteiger partial charge on any atom is -0.494 e. The van der Waals surface area contributed by atoms with E-state index in [1.165, 1.54) is 54.5 Å². The Balaban J connectivity index is 1.32. The van der Waals surface area contributed by atoms with Crippen molar-refractivity contribution >= 4 is 50.9 Å². The van der Waals surface area contributed by atoms with E-state index in [0.29, 0.717) is 11.3 Å². The smallest absolute Gasteiger partial charge is 0.343 e. The Morgan fingerprint density at radius 3 is 2.33 bits per heavy atom. The number of nitrogens with zero attached hydrogens (tertiary/aromatic N) is 2. The molecule has 3 aromatic rings. The van der Waals surface area contributed by atoms with Gasteiger partial charge in [-0.2, -0.15) is 0 Å². The molecule has 0 N–H and O–H groups in total. The number of nitro benzene ring substituents is 1. The van der Waals surface area contributed by atoms with Crippen LogP contribution in [0.4, 0.5) is 11.4 Å². The van der Waals surface area contributed by atoms with Crippen LogP contribution in [0.2, 0.25) is 0 Å². The highest BCUT2D eigenvalue weighted by molar-refractivity contribution is 9.10. The number of benzene rings is 3. The third kappa shape index (κ3) is 6.47. The van der Waals surface area contributed by atoms with E-state index < -0.39 is 35.2 Å². The molecule has 12 heteroatoms. The molecule has 11 nitrogen and oxygen atoms in total. The van der Waals surface area contributed by atoms with Crippen LogP contribution in [0.25, 0.3) is 0 Å². The maximum Gasteiger partial charge on any atom is 0.343 e. The lowest BCUT2D eigenvalue weighted by Crippen LogP contribution is -2.27. The van der Waals surface area contributed by atoms with E-state index in [-0.39, 0.29) is 41.6 Å². The van der Waals surface area contributed by atoms with Crippen LogP contribution in [0.15, 0.2) is 71.2 Å². The molecule has 1 aliphatic rings. The first-order chi connectivity index (χ1) is 18.7. The number of carbonyl (C=O) groups excluding carboxylic acids is 4. The average Bonchev–Trinajstić information content (AvgIpc) is 3.33. The van der Waals surface area contributed by atoms with Gasteiger partial charge in [0.25, 0.3) is 5.69 Å².